The fourth-order valence-corrected chi connectivity index (χ4v) is 6.55. The van der Waals surface area contributed by atoms with Crippen molar-refractivity contribution in [3.63, 3.8) is 0 Å². The third-order valence-electron chi connectivity index (χ3n) is 9.07. The average Bonchev–Trinajstić information content (AvgIpc) is 3.17. The van der Waals surface area contributed by atoms with Crippen LogP contribution in [-0.2, 0) is 0 Å². The highest BCUT2D eigenvalue weighted by atomic mass is 15.0. The van der Waals surface area contributed by atoms with E-state index in [2.05, 4.69) is 108 Å². The second-order valence-corrected chi connectivity index (χ2v) is 13.4. The third kappa shape index (κ3) is 8.16. The Bertz CT molecular complexity index is 2340. The molecule has 0 radical (unpaired) electrons. The summed E-state index contributed by atoms with van der Waals surface area (Å²) in [5, 5.41) is 0. The molecule has 53 heavy (non-hydrogen) atoms. The zero-order valence-electron chi connectivity index (χ0n) is 30.8. The van der Waals surface area contributed by atoms with Crippen LogP contribution < -0.4 is 0 Å². The molecular formula is C48H41N5. The Hall–Kier alpha value is -6.59. The van der Waals surface area contributed by atoms with Gasteiger partial charge in [-0.25, -0.2) is 15.0 Å². The molecule has 5 heteroatoms. The first-order valence-corrected chi connectivity index (χ1v) is 17.8. The zero-order chi connectivity index (χ0) is 36.9. The highest BCUT2D eigenvalue weighted by Gasteiger charge is 2.15. The van der Waals surface area contributed by atoms with E-state index in [1.807, 2.05) is 83.2 Å². The lowest BCUT2D eigenvalue weighted by atomic mass is 9.93. The zero-order valence-corrected chi connectivity index (χ0v) is 30.8. The number of benzene rings is 4. The van der Waals surface area contributed by atoms with Crippen molar-refractivity contribution < 1.29 is 0 Å². The van der Waals surface area contributed by atoms with Crippen LogP contribution in [0.2, 0.25) is 0 Å². The van der Waals surface area contributed by atoms with Crippen molar-refractivity contribution in [1.29, 1.82) is 0 Å². The van der Waals surface area contributed by atoms with Gasteiger partial charge in [0.25, 0.3) is 0 Å². The van der Waals surface area contributed by atoms with E-state index in [4.69, 9.17) is 15.0 Å². The monoisotopic (exact) mass is 687 g/mol. The summed E-state index contributed by atoms with van der Waals surface area (Å²) in [5.41, 5.74) is 15.8. The molecule has 0 unspecified atom stereocenters. The Labute approximate surface area is 312 Å². The number of nitrogens with zero attached hydrogens (tertiary/aromatic N) is 5. The molecule has 0 aliphatic carbocycles. The van der Waals surface area contributed by atoms with Crippen molar-refractivity contribution in [1.82, 2.24) is 24.9 Å². The summed E-state index contributed by atoms with van der Waals surface area (Å²) in [6.45, 7) is 14.0. The van der Waals surface area contributed by atoms with Crippen LogP contribution in [0.1, 0.15) is 35.5 Å². The minimum Gasteiger partial charge on any atom is -0.258 e. The van der Waals surface area contributed by atoms with Crippen LogP contribution in [0.5, 0.6) is 0 Å². The van der Waals surface area contributed by atoms with Gasteiger partial charge in [0.15, 0.2) is 17.5 Å². The van der Waals surface area contributed by atoms with Gasteiger partial charge in [-0.15, -0.1) is 0 Å². The molecule has 0 aliphatic heterocycles. The van der Waals surface area contributed by atoms with Gasteiger partial charge < -0.3 is 0 Å². The van der Waals surface area contributed by atoms with Crippen molar-refractivity contribution in [2.45, 2.75) is 34.6 Å². The topological polar surface area (TPSA) is 64.5 Å². The van der Waals surface area contributed by atoms with Crippen LogP contribution in [-0.4, -0.2) is 24.9 Å². The number of allylic oxidation sites excluding steroid dienone is 5. The molecule has 258 valence electrons. The molecule has 7 rings (SSSR count). The molecule has 0 N–H and O–H groups in total. The number of aryl methyl sites for hydroxylation is 4. The van der Waals surface area contributed by atoms with Gasteiger partial charge in [0, 0.05) is 33.9 Å². The van der Waals surface area contributed by atoms with E-state index in [1.54, 1.807) is 6.08 Å². The molecule has 0 bridgehead atoms. The van der Waals surface area contributed by atoms with Crippen molar-refractivity contribution >= 4 is 5.57 Å². The van der Waals surface area contributed by atoms with Gasteiger partial charge in [-0.05, 0) is 127 Å². The fraction of sp³-hybridized carbons (Fsp3) is 0.104. The number of hydrogen-bond donors (Lipinski definition) is 0. The standard InChI is InChI=1S/C48H41N5/c1-7-8-10-13-31(2)46-51-47(40-14-11-9-12-15-40)53-48(52-46)45-29-43(38-20-16-36(17-21-38)41-24-32(3)49-33(4)25-41)28-44(30-45)39-22-18-37(19-23-39)42-26-34(5)50-35(6)27-42/h7-30H,1H2,2-6H3/b10-8-,31-13+. The maximum absolute atomic E-state index is 5.07. The van der Waals surface area contributed by atoms with Crippen LogP contribution in [0, 0.1) is 27.7 Å². The summed E-state index contributed by atoms with van der Waals surface area (Å²) < 4.78 is 0. The van der Waals surface area contributed by atoms with Gasteiger partial charge >= 0.3 is 0 Å². The number of aromatic nitrogens is 5. The second-order valence-electron chi connectivity index (χ2n) is 13.4. The van der Waals surface area contributed by atoms with Gasteiger partial charge in [-0.3, -0.25) is 9.97 Å². The van der Waals surface area contributed by atoms with E-state index >= 15 is 0 Å². The molecule has 0 amide bonds. The molecule has 0 saturated carbocycles. The van der Waals surface area contributed by atoms with Gasteiger partial charge in [0.2, 0.25) is 0 Å². The molecule has 0 atom stereocenters. The van der Waals surface area contributed by atoms with E-state index < -0.39 is 0 Å². The van der Waals surface area contributed by atoms with E-state index in [9.17, 15) is 0 Å². The Morgan fingerprint density at radius 2 is 0.811 bits per heavy atom. The smallest absolute Gasteiger partial charge is 0.164 e. The first-order chi connectivity index (χ1) is 25.7. The lowest BCUT2D eigenvalue weighted by Crippen LogP contribution is -2.02. The molecule has 0 fully saturated rings. The van der Waals surface area contributed by atoms with Crippen molar-refractivity contribution in [3.05, 3.63) is 181 Å². The van der Waals surface area contributed by atoms with E-state index in [1.165, 1.54) is 0 Å². The minimum atomic E-state index is 0.608. The first-order valence-electron chi connectivity index (χ1n) is 17.8. The van der Waals surface area contributed by atoms with Crippen LogP contribution in [0.4, 0.5) is 0 Å². The van der Waals surface area contributed by atoms with Gasteiger partial charge in [0.1, 0.15) is 0 Å². The molecule has 0 spiro atoms. The molecule has 4 aromatic carbocycles. The number of pyridine rings is 2. The Morgan fingerprint density at radius 3 is 1.25 bits per heavy atom. The Morgan fingerprint density at radius 1 is 0.415 bits per heavy atom. The molecule has 3 heterocycles. The van der Waals surface area contributed by atoms with E-state index in [0.29, 0.717) is 17.5 Å². The lowest BCUT2D eigenvalue weighted by Gasteiger charge is -2.13. The summed E-state index contributed by atoms with van der Waals surface area (Å²) in [6.07, 6.45) is 7.59. The number of hydrogen-bond acceptors (Lipinski definition) is 5. The minimum absolute atomic E-state index is 0.608. The van der Waals surface area contributed by atoms with Crippen LogP contribution in [0.25, 0.3) is 72.9 Å². The highest BCUT2D eigenvalue weighted by molar-refractivity contribution is 5.82. The summed E-state index contributed by atoms with van der Waals surface area (Å²) in [7, 11) is 0. The van der Waals surface area contributed by atoms with E-state index in [0.717, 1.165) is 84.0 Å². The predicted molar refractivity (Wildman–Crippen MR) is 220 cm³/mol. The van der Waals surface area contributed by atoms with Crippen LogP contribution in [0.3, 0.4) is 0 Å². The quantitative estimate of drug-likeness (QED) is 0.141. The maximum atomic E-state index is 5.07. The predicted octanol–water partition coefficient (Wildman–Crippen LogP) is 12.0. The Kier molecular flexibility index (Phi) is 10.1. The second kappa shape index (κ2) is 15.3. The Balaban J connectivity index is 1.37. The summed E-state index contributed by atoms with van der Waals surface area (Å²) in [6, 6.07) is 42.7. The fourth-order valence-electron chi connectivity index (χ4n) is 6.55. The maximum Gasteiger partial charge on any atom is 0.164 e. The third-order valence-corrected chi connectivity index (χ3v) is 9.07. The average molecular weight is 688 g/mol. The van der Waals surface area contributed by atoms with Crippen molar-refractivity contribution in [3.8, 4) is 67.3 Å². The van der Waals surface area contributed by atoms with Gasteiger partial charge in [0.05, 0.1) is 0 Å². The molecule has 0 saturated heterocycles. The largest absolute Gasteiger partial charge is 0.258 e. The SMILES string of the molecule is C=C/C=C\C=C(/C)c1nc(-c2ccccc2)nc(-c2cc(-c3ccc(-c4cc(C)nc(C)c4)cc3)cc(-c3ccc(-c4cc(C)nc(C)c4)cc3)c2)n1. The summed E-state index contributed by atoms with van der Waals surface area (Å²) >= 11 is 0. The van der Waals surface area contributed by atoms with E-state index in [-0.39, 0.29) is 0 Å². The van der Waals surface area contributed by atoms with Gasteiger partial charge in [-0.1, -0.05) is 110 Å². The molecule has 5 nitrogen and oxygen atoms in total. The van der Waals surface area contributed by atoms with Crippen LogP contribution in [0.15, 0.2) is 152 Å². The molecule has 7 aromatic rings. The normalized spacial score (nSPS) is 11.6. The molecule has 3 aromatic heterocycles. The lowest BCUT2D eigenvalue weighted by molar-refractivity contribution is 1.03. The summed E-state index contributed by atoms with van der Waals surface area (Å²) in [5.74, 6) is 1.85. The molecular weight excluding hydrogens is 647 g/mol. The summed E-state index contributed by atoms with van der Waals surface area (Å²) in [4.78, 5) is 24.2. The van der Waals surface area contributed by atoms with Gasteiger partial charge in [-0.2, -0.15) is 0 Å². The van der Waals surface area contributed by atoms with Crippen molar-refractivity contribution in [2.24, 2.45) is 0 Å². The number of rotatable bonds is 9. The van der Waals surface area contributed by atoms with Crippen LogP contribution >= 0.6 is 0 Å². The highest BCUT2D eigenvalue weighted by Crippen LogP contribution is 2.35. The molecule has 0 aliphatic rings. The van der Waals surface area contributed by atoms with Crippen molar-refractivity contribution in [2.75, 3.05) is 0 Å². The first kappa shape index (κ1) is 34.8.